The first-order valence-electron chi connectivity index (χ1n) is 5.69. The first-order chi connectivity index (χ1) is 10.0. The van der Waals surface area contributed by atoms with E-state index in [9.17, 15) is 19.3 Å². The summed E-state index contributed by atoms with van der Waals surface area (Å²) in [6.07, 6.45) is 2.75. The van der Waals surface area contributed by atoms with Gasteiger partial charge in [-0.2, -0.15) is 4.39 Å². The monoisotopic (exact) mass is 291 g/mol. The van der Waals surface area contributed by atoms with Crippen molar-refractivity contribution in [1.29, 1.82) is 0 Å². The van der Waals surface area contributed by atoms with Crippen LogP contribution in [0.3, 0.4) is 0 Å². The van der Waals surface area contributed by atoms with E-state index >= 15 is 0 Å². The van der Waals surface area contributed by atoms with Crippen LogP contribution in [-0.2, 0) is 0 Å². The normalized spacial score (nSPS) is 10.0. The second kappa shape index (κ2) is 5.92. The summed E-state index contributed by atoms with van der Waals surface area (Å²) in [5, 5.41) is 12.9. The van der Waals surface area contributed by atoms with Gasteiger partial charge in [-0.05, 0) is 12.1 Å². The van der Waals surface area contributed by atoms with Crippen molar-refractivity contribution in [2.24, 2.45) is 5.84 Å². The molecular weight excluding hydrogens is 281 g/mol. The number of benzene rings is 1. The van der Waals surface area contributed by atoms with Gasteiger partial charge in [0.05, 0.1) is 22.4 Å². The summed E-state index contributed by atoms with van der Waals surface area (Å²) in [7, 11) is 0. The fraction of sp³-hybridized carbons (Fsp3) is 0. The minimum Gasteiger partial charge on any atom is -0.322 e. The molecule has 2 rings (SSSR count). The van der Waals surface area contributed by atoms with Crippen molar-refractivity contribution in [1.82, 2.24) is 4.98 Å². The lowest BCUT2D eigenvalue weighted by atomic mass is 10.2. The molecule has 1 heterocycles. The summed E-state index contributed by atoms with van der Waals surface area (Å²) in [5.41, 5.74) is 2.22. The highest BCUT2D eigenvalue weighted by Crippen LogP contribution is 2.22. The van der Waals surface area contributed by atoms with E-state index in [0.717, 1.165) is 12.1 Å². The zero-order chi connectivity index (χ0) is 15.4. The number of carbonyl (C=O) groups is 1. The van der Waals surface area contributed by atoms with Crippen LogP contribution in [0, 0.1) is 15.9 Å². The van der Waals surface area contributed by atoms with E-state index in [1.165, 1.54) is 24.5 Å². The van der Waals surface area contributed by atoms with E-state index in [-0.39, 0.29) is 16.9 Å². The van der Waals surface area contributed by atoms with Crippen LogP contribution in [-0.4, -0.2) is 15.8 Å². The van der Waals surface area contributed by atoms with Gasteiger partial charge in [0.25, 0.3) is 5.91 Å². The second-order valence-electron chi connectivity index (χ2n) is 3.94. The van der Waals surface area contributed by atoms with Crippen LogP contribution >= 0.6 is 0 Å². The van der Waals surface area contributed by atoms with Gasteiger partial charge in [0.1, 0.15) is 0 Å². The first kappa shape index (κ1) is 14.3. The molecule has 0 spiro atoms. The van der Waals surface area contributed by atoms with E-state index in [2.05, 4.69) is 15.7 Å². The molecule has 21 heavy (non-hydrogen) atoms. The van der Waals surface area contributed by atoms with Gasteiger partial charge in [0.15, 0.2) is 0 Å². The van der Waals surface area contributed by atoms with Crippen molar-refractivity contribution < 1.29 is 14.1 Å². The first-order valence-corrected chi connectivity index (χ1v) is 5.69. The smallest absolute Gasteiger partial charge is 0.304 e. The maximum atomic E-state index is 13.5. The Balaban J connectivity index is 2.24. The Hall–Kier alpha value is -3.07. The molecule has 0 atom stereocenters. The Morgan fingerprint density at radius 3 is 2.76 bits per heavy atom. The average Bonchev–Trinajstić information content (AvgIpc) is 2.46. The highest BCUT2D eigenvalue weighted by Gasteiger charge is 2.16. The maximum absolute atomic E-state index is 13.5. The van der Waals surface area contributed by atoms with Crippen LogP contribution in [0.25, 0.3) is 0 Å². The van der Waals surface area contributed by atoms with Gasteiger partial charge in [0.2, 0.25) is 5.82 Å². The number of nitrogens with one attached hydrogen (secondary N) is 2. The van der Waals surface area contributed by atoms with Crippen LogP contribution in [0.15, 0.2) is 36.7 Å². The summed E-state index contributed by atoms with van der Waals surface area (Å²) in [6, 6.07) is 4.49. The van der Waals surface area contributed by atoms with Gasteiger partial charge < -0.3 is 10.7 Å². The SMILES string of the molecule is NNc1cnccc1C(=O)Nc1ccc([N+](=O)[O-])c(F)c1. The summed E-state index contributed by atoms with van der Waals surface area (Å²) in [5.74, 6) is 3.66. The minimum absolute atomic E-state index is 0.0860. The van der Waals surface area contributed by atoms with Crippen molar-refractivity contribution in [3.8, 4) is 0 Å². The molecule has 9 heteroatoms. The number of carbonyl (C=O) groups excluding carboxylic acids is 1. The highest BCUT2D eigenvalue weighted by molar-refractivity contribution is 6.07. The number of pyridine rings is 1. The quantitative estimate of drug-likeness (QED) is 0.447. The predicted octanol–water partition coefficient (Wildman–Crippen LogP) is 1.67. The van der Waals surface area contributed by atoms with Crippen molar-refractivity contribution in [2.75, 3.05) is 10.7 Å². The summed E-state index contributed by atoms with van der Waals surface area (Å²) in [4.78, 5) is 25.5. The van der Waals surface area contributed by atoms with Gasteiger partial charge in [0, 0.05) is 24.0 Å². The number of hydrogen-bond donors (Lipinski definition) is 3. The number of aromatic nitrogens is 1. The standard InChI is InChI=1S/C12H10FN5O3/c13-9-5-7(1-2-11(9)18(20)21)16-12(19)8-3-4-15-6-10(8)17-14/h1-6,17H,14H2,(H,16,19). The Kier molecular flexibility index (Phi) is 4.05. The number of halogens is 1. The number of rotatable bonds is 4. The summed E-state index contributed by atoms with van der Waals surface area (Å²) in [6.45, 7) is 0. The molecule has 0 fully saturated rings. The number of hydrogen-bond acceptors (Lipinski definition) is 6. The van der Waals surface area contributed by atoms with Gasteiger partial charge in [-0.25, -0.2) is 0 Å². The molecule has 0 aliphatic rings. The van der Waals surface area contributed by atoms with E-state index < -0.39 is 22.3 Å². The topological polar surface area (TPSA) is 123 Å². The molecule has 4 N–H and O–H groups in total. The van der Waals surface area contributed by atoms with Crippen molar-refractivity contribution in [2.45, 2.75) is 0 Å². The number of hydrazine groups is 1. The summed E-state index contributed by atoms with van der Waals surface area (Å²) < 4.78 is 13.5. The lowest BCUT2D eigenvalue weighted by Crippen LogP contribution is -2.17. The third-order valence-electron chi connectivity index (χ3n) is 2.62. The minimum atomic E-state index is -1.04. The van der Waals surface area contributed by atoms with E-state index in [4.69, 9.17) is 5.84 Å². The molecular formula is C12H10FN5O3. The Bertz CT molecular complexity index is 707. The van der Waals surface area contributed by atoms with Crippen LogP contribution in [0.2, 0.25) is 0 Å². The van der Waals surface area contributed by atoms with Crippen molar-refractivity contribution >= 4 is 23.0 Å². The molecule has 0 saturated heterocycles. The third-order valence-corrected chi connectivity index (χ3v) is 2.62. The van der Waals surface area contributed by atoms with Gasteiger partial charge in [-0.1, -0.05) is 0 Å². The third kappa shape index (κ3) is 3.09. The lowest BCUT2D eigenvalue weighted by Gasteiger charge is -2.09. The predicted molar refractivity (Wildman–Crippen MR) is 73.1 cm³/mol. The number of nitrogens with zero attached hydrogens (tertiary/aromatic N) is 2. The van der Waals surface area contributed by atoms with Crippen LogP contribution < -0.4 is 16.6 Å². The van der Waals surface area contributed by atoms with Crippen LogP contribution in [0.4, 0.5) is 21.5 Å². The molecule has 2 aromatic rings. The maximum Gasteiger partial charge on any atom is 0.304 e. The Morgan fingerprint density at radius 1 is 1.38 bits per heavy atom. The lowest BCUT2D eigenvalue weighted by molar-refractivity contribution is -0.387. The average molecular weight is 291 g/mol. The number of nitro benzene ring substituents is 1. The Labute approximate surface area is 117 Å². The number of nitrogen functional groups attached to an aromatic ring is 1. The second-order valence-corrected chi connectivity index (χ2v) is 3.94. The molecule has 0 aliphatic heterocycles. The molecule has 108 valence electrons. The molecule has 0 bridgehead atoms. The molecule has 1 aromatic carbocycles. The molecule has 0 saturated carbocycles. The Morgan fingerprint density at radius 2 is 2.14 bits per heavy atom. The zero-order valence-corrected chi connectivity index (χ0v) is 10.5. The largest absolute Gasteiger partial charge is 0.322 e. The molecule has 0 unspecified atom stereocenters. The van der Waals surface area contributed by atoms with Crippen LogP contribution in [0.5, 0.6) is 0 Å². The van der Waals surface area contributed by atoms with Crippen molar-refractivity contribution in [3.05, 3.63) is 58.2 Å². The molecule has 8 nitrogen and oxygen atoms in total. The van der Waals surface area contributed by atoms with Gasteiger partial charge >= 0.3 is 5.69 Å². The summed E-state index contributed by atoms with van der Waals surface area (Å²) >= 11 is 0. The van der Waals surface area contributed by atoms with Gasteiger partial charge in [-0.15, -0.1) is 0 Å². The zero-order valence-electron chi connectivity index (χ0n) is 10.5. The fourth-order valence-electron chi connectivity index (χ4n) is 1.64. The van der Waals surface area contributed by atoms with Gasteiger partial charge in [-0.3, -0.25) is 25.7 Å². The van der Waals surface area contributed by atoms with Crippen molar-refractivity contribution in [3.63, 3.8) is 0 Å². The number of amides is 1. The fourth-order valence-corrected chi connectivity index (χ4v) is 1.64. The molecule has 1 amide bonds. The van der Waals surface area contributed by atoms with E-state index in [1.807, 2.05) is 0 Å². The highest BCUT2D eigenvalue weighted by atomic mass is 19.1. The number of nitrogens with two attached hydrogens (primary N) is 1. The molecule has 0 aliphatic carbocycles. The number of nitro groups is 1. The van der Waals surface area contributed by atoms with Crippen LogP contribution in [0.1, 0.15) is 10.4 Å². The molecule has 1 aromatic heterocycles. The molecule has 0 radical (unpaired) electrons. The van der Waals surface area contributed by atoms with E-state index in [0.29, 0.717) is 0 Å². The van der Waals surface area contributed by atoms with E-state index in [1.54, 1.807) is 0 Å². The number of anilines is 2.